The highest BCUT2D eigenvalue weighted by Gasteiger charge is 2.31. The molecule has 0 radical (unpaired) electrons. The first-order valence-electron chi connectivity index (χ1n) is 13.6. The summed E-state index contributed by atoms with van der Waals surface area (Å²) >= 11 is 0. The largest absolute Gasteiger partial charge is 0.218 e. The fraction of sp³-hybridized carbons (Fsp3) is 0.294. The van der Waals surface area contributed by atoms with E-state index < -0.39 is 9.84 Å². The lowest BCUT2D eigenvalue weighted by molar-refractivity contribution is 0.595. The van der Waals surface area contributed by atoms with E-state index in [9.17, 15) is 8.42 Å². The molecule has 0 bridgehead atoms. The molecule has 0 fully saturated rings. The Bertz CT molecular complexity index is 1460. The Balaban J connectivity index is 1.63. The number of aryl methyl sites for hydroxylation is 4. The second-order valence-electron chi connectivity index (χ2n) is 10.8. The van der Waals surface area contributed by atoms with Crippen molar-refractivity contribution < 1.29 is 8.42 Å². The van der Waals surface area contributed by atoms with Crippen LogP contribution < -0.4 is 0 Å². The molecule has 0 amide bonds. The van der Waals surface area contributed by atoms with E-state index >= 15 is 0 Å². The zero-order chi connectivity index (χ0) is 25.6. The van der Waals surface area contributed by atoms with Crippen molar-refractivity contribution in [1.82, 2.24) is 0 Å². The minimum Gasteiger partial charge on any atom is -0.218 e. The molecular weight excluding hydrogens is 472 g/mol. The Morgan fingerprint density at radius 3 is 1.27 bits per heavy atom. The first kappa shape index (κ1) is 24.2. The zero-order valence-corrected chi connectivity index (χ0v) is 22.6. The molecule has 0 aromatic heterocycles. The minimum atomic E-state index is -3.78. The van der Waals surface area contributed by atoms with Gasteiger partial charge in [-0.25, -0.2) is 8.42 Å². The molecule has 6 rings (SSSR count). The molecule has 4 aromatic carbocycles. The third-order valence-corrected chi connectivity index (χ3v) is 10.1. The van der Waals surface area contributed by atoms with Gasteiger partial charge in [-0.1, -0.05) is 71.8 Å². The van der Waals surface area contributed by atoms with Crippen LogP contribution in [-0.2, 0) is 35.5 Å². The van der Waals surface area contributed by atoms with E-state index in [2.05, 4.69) is 74.5 Å². The normalized spacial score (nSPS) is 15.2. The third-order valence-electron chi connectivity index (χ3n) is 8.25. The number of hydrogen-bond acceptors (Lipinski definition) is 2. The summed E-state index contributed by atoms with van der Waals surface area (Å²) in [7, 11) is -3.78. The molecule has 0 aliphatic heterocycles. The van der Waals surface area contributed by atoms with E-state index in [1.54, 1.807) is 0 Å². The standard InChI is InChI=1S/C34H34O2S/c1-23-11-15-27(16-12-23)33-29-9-5-3-7-25(29)19-21-31(33)37(35,36)32-22-20-26-8-4-6-10-30(26)34(32)28-17-13-24(2)14-18-28/h11-22H,3-10H2,1-2H3. The maximum atomic E-state index is 14.7. The molecule has 2 aliphatic rings. The van der Waals surface area contributed by atoms with Gasteiger partial charge in [0.1, 0.15) is 0 Å². The van der Waals surface area contributed by atoms with E-state index in [4.69, 9.17) is 0 Å². The molecule has 0 atom stereocenters. The first-order chi connectivity index (χ1) is 17.9. The summed E-state index contributed by atoms with van der Waals surface area (Å²) in [6.45, 7) is 4.14. The number of hydrogen-bond donors (Lipinski definition) is 0. The van der Waals surface area contributed by atoms with Crippen LogP contribution >= 0.6 is 0 Å². The molecule has 4 aromatic rings. The van der Waals surface area contributed by atoms with E-state index in [1.807, 2.05) is 12.1 Å². The van der Waals surface area contributed by atoms with Gasteiger partial charge in [-0.3, -0.25) is 0 Å². The number of benzene rings is 4. The smallest absolute Gasteiger partial charge is 0.207 e. The van der Waals surface area contributed by atoms with Crippen LogP contribution in [0.3, 0.4) is 0 Å². The Morgan fingerprint density at radius 2 is 0.865 bits per heavy atom. The van der Waals surface area contributed by atoms with Gasteiger partial charge in [0.25, 0.3) is 0 Å². The molecular formula is C34H34O2S. The Hall–Kier alpha value is -3.17. The highest BCUT2D eigenvalue weighted by Crippen LogP contribution is 2.43. The minimum absolute atomic E-state index is 0.445. The molecule has 0 heterocycles. The van der Waals surface area contributed by atoms with Crippen LogP contribution in [0.5, 0.6) is 0 Å². The van der Waals surface area contributed by atoms with E-state index in [0.717, 1.165) is 73.6 Å². The predicted molar refractivity (Wildman–Crippen MR) is 152 cm³/mol. The highest BCUT2D eigenvalue weighted by atomic mass is 32.2. The molecule has 0 unspecified atom stereocenters. The average molecular weight is 507 g/mol. The maximum absolute atomic E-state index is 14.7. The highest BCUT2D eigenvalue weighted by molar-refractivity contribution is 7.91. The summed E-state index contributed by atoms with van der Waals surface area (Å²) in [4.78, 5) is 0.891. The van der Waals surface area contributed by atoms with Gasteiger partial charge in [0.15, 0.2) is 0 Å². The van der Waals surface area contributed by atoms with Crippen LogP contribution in [0, 0.1) is 13.8 Å². The van der Waals surface area contributed by atoms with Gasteiger partial charge in [-0.05, 0) is 111 Å². The summed E-state index contributed by atoms with van der Waals surface area (Å²) in [5.41, 5.74) is 11.2. The number of fused-ring (bicyclic) bond motifs is 2. The van der Waals surface area contributed by atoms with Crippen molar-refractivity contribution in [3.05, 3.63) is 106 Å². The lowest BCUT2D eigenvalue weighted by Crippen LogP contribution is -2.14. The van der Waals surface area contributed by atoms with Crippen molar-refractivity contribution in [1.29, 1.82) is 0 Å². The second-order valence-corrected chi connectivity index (χ2v) is 12.7. The third kappa shape index (κ3) is 4.34. The monoisotopic (exact) mass is 506 g/mol. The van der Waals surface area contributed by atoms with Crippen LogP contribution in [0.4, 0.5) is 0 Å². The molecule has 0 N–H and O–H groups in total. The van der Waals surface area contributed by atoms with Crippen molar-refractivity contribution in [2.75, 3.05) is 0 Å². The van der Waals surface area contributed by atoms with Crippen molar-refractivity contribution >= 4 is 9.84 Å². The van der Waals surface area contributed by atoms with E-state index in [-0.39, 0.29) is 0 Å². The molecule has 0 spiro atoms. The Labute approximate surface area is 221 Å². The summed E-state index contributed by atoms with van der Waals surface area (Å²) in [6, 6.07) is 24.6. The molecule has 3 heteroatoms. The summed E-state index contributed by atoms with van der Waals surface area (Å²) in [6.07, 6.45) is 8.41. The van der Waals surface area contributed by atoms with Gasteiger partial charge >= 0.3 is 0 Å². The molecule has 2 aliphatic carbocycles. The van der Waals surface area contributed by atoms with Crippen LogP contribution in [0.15, 0.2) is 82.6 Å². The molecule has 188 valence electrons. The second kappa shape index (κ2) is 9.61. The summed E-state index contributed by atoms with van der Waals surface area (Å²) < 4.78 is 29.5. The molecule has 2 nitrogen and oxygen atoms in total. The number of rotatable bonds is 4. The number of sulfone groups is 1. The van der Waals surface area contributed by atoms with Gasteiger partial charge in [-0.2, -0.15) is 0 Å². The fourth-order valence-electron chi connectivity index (χ4n) is 6.25. The molecule has 0 saturated heterocycles. The molecule has 37 heavy (non-hydrogen) atoms. The van der Waals surface area contributed by atoms with Crippen molar-refractivity contribution in [3.8, 4) is 22.3 Å². The van der Waals surface area contributed by atoms with Crippen LogP contribution in [0.2, 0.25) is 0 Å². The van der Waals surface area contributed by atoms with E-state index in [0.29, 0.717) is 9.79 Å². The van der Waals surface area contributed by atoms with Gasteiger partial charge in [0.2, 0.25) is 9.84 Å². The van der Waals surface area contributed by atoms with Crippen LogP contribution in [0.25, 0.3) is 22.3 Å². The van der Waals surface area contributed by atoms with Gasteiger partial charge in [0.05, 0.1) is 9.79 Å². The predicted octanol–water partition coefficient (Wildman–Crippen LogP) is 8.23. The quantitative estimate of drug-likeness (QED) is 0.279. The summed E-state index contributed by atoms with van der Waals surface area (Å²) in [5.74, 6) is 0. The van der Waals surface area contributed by atoms with Gasteiger partial charge in [0, 0.05) is 11.1 Å². The van der Waals surface area contributed by atoms with Crippen molar-refractivity contribution in [3.63, 3.8) is 0 Å². The van der Waals surface area contributed by atoms with Crippen LogP contribution in [-0.4, -0.2) is 8.42 Å². The maximum Gasteiger partial charge on any atom is 0.207 e. The SMILES string of the molecule is Cc1ccc(-c2c(S(=O)(=O)c3ccc4c(c3-c3ccc(C)cc3)CCCC4)ccc3c2CCCC3)cc1. The van der Waals surface area contributed by atoms with Gasteiger partial charge in [-0.15, -0.1) is 0 Å². The lowest BCUT2D eigenvalue weighted by atomic mass is 9.85. The fourth-order valence-corrected chi connectivity index (χ4v) is 8.00. The van der Waals surface area contributed by atoms with Crippen LogP contribution in [0.1, 0.15) is 59.1 Å². The Kier molecular flexibility index (Phi) is 6.28. The molecule has 0 saturated carbocycles. The van der Waals surface area contributed by atoms with E-state index in [1.165, 1.54) is 33.4 Å². The lowest BCUT2D eigenvalue weighted by Gasteiger charge is -2.25. The van der Waals surface area contributed by atoms with Crippen molar-refractivity contribution in [2.45, 2.75) is 75.0 Å². The van der Waals surface area contributed by atoms with Crippen molar-refractivity contribution in [2.24, 2.45) is 0 Å². The Morgan fingerprint density at radius 1 is 0.486 bits per heavy atom. The zero-order valence-electron chi connectivity index (χ0n) is 21.8. The average Bonchev–Trinajstić information content (AvgIpc) is 2.93. The van der Waals surface area contributed by atoms with Gasteiger partial charge < -0.3 is 0 Å². The summed E-state index contributed by atoms with van der Waals surface area (Å²) in [5, 5.41) is 0. The first-order valence-corrected chi connectivity index (χ1v) is 15.1. The topological polar surface area (TPSA) is 34.1 Å².